The van der Waals surface area contributed by atoms with Gasteiger partial charge < -0.3 is 9.73 Å². The van der Waals surface area contributed by atoms with E-state index in [9.17, 15) is 0 Å². The first-order chi connectivity index (χ1) is 8.38. The lowest BCUT2D eigenvalue weighted by molar-refractivity contribution is 0.449. The summed E-state index contributed by atoms with van der Waals surface area (Å²) in [6, 6.07) is 4.49. The third-order valence-electron chi connectivity index (χ3n) is 2.74. The van der Waals surface area contributed by atoms with Crippen LogP contribution < -0.4 is 5.32 Å². The van der Waals surface area contributed by atoms with Crippen molar-refractivity contribution in [2.45, 2.75) is 32.2 Å². The van der Waals surface area contributed by atoms with Gasteiger partial charge in [-0.15, -0.1) is 11.3 Å². The molecule has 0 saturated carbocycles. The molecule has 2 aromatic heterocycles. The van der Waals surface area contributed by atoms with Crippen LogP contribution in [0.4, 0.5) is 0 Å². The van der Waals surface area contributed by atoms with Gasteiger partial charge in [0.05, 0.1) is 11.8 Å². The molecule has 0 spiro atoms. The molecule has 3 nitrogen and oxygen atoms in total. The lowest BCUT2D eigenvalue weighted by Crippen LogP contribution is -2.31. The highest BCUT2D eigenvalue weighted by atomic mass is 32.1. The SMILES string of the molecule is CCNC(CCc1ccco1)Cc1cncs1. The zero-order chi connectivity index (χ0) is 11.9. The Morgan fingerprint density at radius 1 is 1.53 bits per heavy atom. The molecule has 0 fully saturated rings. The molecule has 0 aliphatic heterocycles. The van der Waals surface area contributed by atoms with Gasteiger partial charge in [-0.1, -0.05) is 6.92 Å². The van der Waals surface area contributed by atoms with Gasteiger partial charge in [0.2, 0.25) is 0 Å². The first-order valence-electron chi connectivity index (χ1n) is 6.01. The van der Waals surface area contributed by atoms with E-state index in [-0.39, 0.29) is 0 Å². The summed E-state index contributed by atoms with van der Waals surface area (Å²) < 4.78 is 5.36. The molecule has 17 heavy (non-hydrogen) atoms. The molecular weight excluding hydrogens is 232 g/mol. The second-order valence-corrected chi connectivity index (χ2v) is 5.02. The maximum Gasteiger partial charge on any atom is 0.103 e. The van der Waals surface area contributed by atoms with E-state index >= 15 is 0 Å². The molecular formula is C13H18N2OS. The highest BCUT2D eigenvalue weighted by Crippen LogP contribution is 2.13. The van der Waals surface area contributed by atoms with Crippen LogP contribution in [0.2, 0.25) is 0 Å². The van der Waals surface area contributed by atoms with E-state index in [1.165, 1.54) is 4.88 Å². The molecule has 2 heterocycles. The van der Waals surface area contributed by atoms with Crippen molar-refractivity contribution in [2.24, 2.45) is 0 Å². The molecule has 0 bridgehead atoms. The van der Waals surface area contributed by atoms with Gasteiger partial charge in [0.1, 0.15) is 5.76 Å². The van der Waals surface area contributed by atoms with Crippen LogP contribution in [0.5, 0.6) is 0 Å². The van der Waals surface area contributed by atoms with Crippen molar-refractivity contribution in [1.29, 1.82) is 0 Å². The Balaban J connectivity index is 1.84. The Morgan fingerprint density at radius 2 is 2.47 bits per heavy atom. The van der Waals surface area contributed by atoms with Gasteiger partial charge >= 0.3 is 0 Å². The van der Waals surface area contributed by atoms with Crippen molar-refractivity contribution < 1.29 is 4.42 Å². The van der Waals surface area contributed by atoms with Crippen LogP contribution in [0, 0.1) is 0 Å². The Bertz CT molecular complexity index is 397. The average Bonchev–Trinajstić information content (AvgIpc) is 2.99. The fourth-order valence-corrected chi connectivity index (χ4v) is 2.60. The van der Waals surface area contributed by atoms with Crippen LogP contribution in [0.15, 0.2) is 34.5 Å². The molecule has 0 saturated heterocycles. The second-order valence-electron chi connectivity index (χ2n) is 4.04. The summed E-state index contributed by atoms with van der Waals surface area (Å²) in [5, 5.41) is 3.52. The standard InChI is InChI=1S/C13H18N2OS/c1-2-15-11(8-13-9-14-10-17-13)5-6-12-4-3-7-16-12/h3-4,7,9-11,15H,2,5-6,8H2,1H3. The van der Waals surface area contributed by atoms with Gasteiger partial charge in [0, 0.05) is 23.5 Å². The average molecular weight is 250 g/mol. The quantitative estimate of drug-likeness (QED) is 0.821. The minimum Gasteiger partial charge on any atom is -0.469 e. The number of likely N-dealkylation sites (N-methyl/N-ethyl adjacent to an activating group) is 1. The van der Waals surface area contributed by atoms with E-state index in [1.807, 2.05) is 23.8 Å². The van der Waals surface area contributed by atoms with Gasteiger partial charge in [-0.2, -0.15) is 0 Å². The van der Waals surface area contributed by atoms with E-state index < -0.39 is 0 Å². The van der Waals surface area contributed by atoms with Crippen molar-refractivity contribution in [3.8, 4) is 0 Å². The summed E-state index contributed by atoms with van der Waals surface area (Å²) in [6.45, 7) is 3.15. The first kappa shape index (κ1) is 12.3. The maximum absolute atomic E-state index is 5.36. The largest absolute Gasteiger partial charge is 0.469 e. The predicted octanol–water partition coefficient (Wildman–Crippen LogP) is 2.89. The van der Waals surface area contributed by atoms with Crippen molar-refractivity contribution >= 4 is 11.3 Å². The Labute approximate surface area is 106 Å². The van der Waals surface area contributed by atoms with E-state index in [4.69, 9.17) is 4.42 Å². The minimum absolute atomic E-state index is 0.505. The van der Waals surface area contributed by atoms with Crippen LogP contribution in [-0.2, 0) is 12.8 Å². The summed E-state index contributed by atoms with van der Waals surface area (Å²) in [7, 11) is 0. The molecule has 2 aromatic rings. The number of hydrogen-bond acceptors (Lipinski definition) is 4. The van der Waals surface area contributed by atoms with Gasteiger partial charge in [0.15, 0.2) is 0 Å². The van der Waals surface area contributed by atoms with Crippen molar-refractivity contribution in [3.05, 3.63) is 40.7 Å². The van der Waals surface area contributed by atoms with Crippen LogP contribution >= 0.6 is 11.3 Å². The highest BCUT2D eigenvalue weighted by Gasteiger charge is 2.10. The van der Waals surface area contributed by atoms with E-state index in [1.54, 1.807) is 17.6 Å². The van der Waals surface area contributed by atoms with E-state index in [2.05, 4.69) is 17.2 Å². The molecule has 1 unspecified atom stereocenters. The molecule has 4 heteroatoms. The van der Waals surface area contributed by atoms with Crippen LogP contribution in [0.25, 0.3) is 0 Å². The predicted molar refractivity (Wildman–Crippen MR) is 70.3 cm³/mol. The summed E-state index contributed by atoms with van der Waals surface area (Å²) in [5.41, 5.74) is 1.89. The summed E-state index contributed by atoms with van der Waals surface area (Å²) >= 11 is 1.73. The summed E-state index contributed by atoms with van der Waals surface area (Å²) in [6.07, 6.45) is 6.84. The van der Waals surface area contributed by atoms with Gasteiger partial charge in [-0.25, -0.2) is 0 Å². The third-order valence-corrected chi connectivity index (χ3v) is 3.55. The highest BCUT2D eigenvalue weighted by molar-refractivity contribution is 7.09. The monoisotopic (exact) mass is 250 g/mol. The molecule has 92 valence electrons. The van der Waals surface area contributed by atoms with E-state index in [0.29, 0.717) is 6.04 Å². The summed E-state index contributed by atoms with van der Waals surface area (Å²) in [4.78, 5) is 5.46. The number of hydrogen-bond donors (Lipinski definition) is 1. The second kappa shape index (κ2) is 6.57. The zero-order valence-corrected chi connectivity index (χ0v) is 10.9. The van der Waals surface area contributed by atoms with Gasteiger partial charge in [-0.05, 0) is 31.5 Å². The van der Waals surface area contributed by atoms with Gasteiger partial charge in [0.25, 0.3) is 0 Å². The Hall–Kier alpha value is -1.13. The molecule has 1 N–H and O–H groups in total. The Morgan fingerprint density at radius 3 is 3.12 bits per heavy atom. The van der Waals surface area contributed by atoms with Crippen molar-refractivity contribution in [3.63, 3.8) is 0 Å². The topological polar surface area (TPSA) is 38.1 Å². The molecule has 1 atom stereocenters. The number of nitrogens with one attached hydrogen (secondary N) is 1. The normalized spacial score (nSPS) is 12.8. The molecule has 0 aliphatic rings. The fraction of sp³-hybridized carbons (Fsp3) is 0.462. The summed E-state index contributed by atoms with van der Waals surface area (Å²) in [5.74, 6) is 1.07. The van der Waals surface area contributed by atoms with Crippen LogP contribution in [-0.4, -0.2) is 17.6 Å². The number of thiazole rings is 1. The van der Waals surface area contributed by atoms with E-state index in [0.717, 1.165) is 31.6 Å². The number of rotatable bonds is 7. The minimum atomic E-state index is 0.505. The number of aromatic nitrogens is 1. The number of nitrogens with zero attached hydrogens (tertiary/aromatic N) is 1. The lowest BCUT2D eigenvalue weighted by Gasteiger charge is -2.16. The fourth-order valence-electron chi connectivity index (χ4n) is 1.92. The number of aryl methyl sites for hydroxylation is 1. The molecule has 0 radical (unpaired) electrons. The smallest absolute Gasteiger partial charge is 0.103 e. The van der Waals surface area contributed by atoms with Crippen molar-refractivity contribution in [2.75, 3.05) is 6.54 Å². The van der Waals surface area contributed by atoms with Crippen molar-refractivity contribution in [1.82, 2.24) is 10.3 Å². The van der Waals surface area contributed by atoms with Crippen LogP contribution in [0.3, 0.4) is 0 Å². The lowest BCUT2D eigenvalue weighted by atomic mass is 10.1. The third kappa shape index (κ3) is 3.98. The zero-order valence-electron chi connectivity index (χ0n) is 10.1. The molecule has 0 aromatic carbocycles. The molecule has 0 aliphatic carbocycles. The number of furan rings is 1. The van der Waals surface area contributed by atoms with Crippen LogP contribution in [0.1, 0.15) is 24.0 Å². The molecule has 2 rings (SSSR count). The van der Waals surface area contributed by atoms with Gasteiger partial charge in [-0.3, -0.25) is 4.98 Å². The Kier molecular flexibility index (Phi) is 4.76. The first-order valence-corrected chi connectivity index (χ1v) is 6.89. The molecule has 0 amide bonds. The maximum atomic E-state index is 5.36.